The van der Waals surface area contributed by atoms with Crippen molar-refractivity contribution in [2.24, 2.45) is 5.41 Å². The second-order valence-electron chi connectivity index (χ2n) is 6.22. The predicted molar refractivity (Wildman–Crippen MR) is 76.1 cm³/mol. The van der Waals surface area contributed by atoms with Crippen LogP contribution in [0.1, 0.15) is 54.6 Å². The molecule has 1 heterocycles. The minimum Gasteiger partial charge on any atom is -0.452 e. The smallest absolute Gasteiger partial charge is 0.204 e. The summed E-state index contributed by atoms with van der Waals surface area (Å²) < 4.78 is 5.80. The van der Waals surface area contributed by atoms with Crippen molar-refractivity contribution >= 4 is 16.8 Å². The summed E-state index contributed by atoms with van der Waals surface area (Å²) in [5.41, 5.74) is 0.717. The lowest BCUT2D eigenvalue weighted by molar-refractivity contribution is 0.0728. The van der Waals surface area contributed by atoms with Gasteiger partial charge < -0.3 is 4.42 Å². The van der Waals surface area contributed by atoms with Crippen LogP contribution in [-0.2, 0) is 0 Å². The van der Waals surface area contributed by atoms with E-state index in [1.807, 2.05) is 19.1 Å². The maximum Gasteiger partial charge on any atom is 0.204 e. The number of carbonyl (C=O) groups excluding carboxylic acids is 1. The Balaban J connectivity index is 2.08. The minimum absolute atomic E-state index is 0.00850. The van der Waals surface area contributed by atoms with Crippen LogP contribution in [0, 0.1) is 5.41 Å². The second-order valence-corrected chi connectivity index (χ2v) is 6.22. The van der Waals surface area contributed by atoms with Gasteiger partial charge in [0.15, 0.2) is 11.2 Å². The lowest BCUT2D eigenvalue weighted by atomic mass is 9.68. The van der Waals surface area contributed by atoms with Crippen molar-refractivity contribution < 1.29 is 9.21 Å². The largest absolute Gasteiger partial charge is 0.452 e. The molecule has 0 amide bonds. The average Bonchev–Trinajstić information content (AvgIpc) is 2.69. The number of rotatable bonds is 0. The highest BCUT2D eigenvalue weighted by Gasteiger charge is 2.53. The zero-order chi connectivity index (χ0) is 13.9. The Bertz CT molecular complexity index is 786. The number of para-hydroxylation sites is 1. The highest BCUT2D eigenvalue weighted by atomic mass is 16.3. The summed E-state index contributed by atoms with van der Waals surface area (Å²) in [6.07, 6.45) is 3.91. The lowest BCUT2D eigenvalue weighted by Crippen LogP contribution is -2.31. The Hall–Kier alpha value is -1.90. The molecule has 3 heteroatoms. The molecule has 0 saturated heterocycles. The summed E-state index contributed by atoms with van der Waals surface area (Å²) in [4.78, 5) is 25.5. The van der Waals surface area contributed by atoms with Gasteiger partial charge in [-0.05, 0) is 25.0 Å². The molecule has 1 saturated carbocycles. The summed E-state index contributed by atoms with van der Waals surface area (Å²) in [6, 6.07) is 7.20. The van der Waals surface area contributed by atoms with Crippen LogP contribution in [0.15, 0.2) is 33.5 Å². The topological polar surface area (TPSA) is 47.3 Å². The van der Waals surface area contributed by atoms with E-state index in [9.17, 15) is 9.59 Å². The summed E-state index contributed by atoms with van der Waals surface area (Å²) in [6.45, 7) is 2.00. The monoisotopic (exact) mass is 268 g/mol. The fourth-order valence-electron chi connectivity index (χ4n) is 3.97. The number of ketones is 1. The first-order chi connectivity index (χ1) is 9.63. The molecular formula is C17H16O3. The van der Waals surface area contributed by atoms with Gasteiger partial charge in [0.25, 0.3) is 0 Å². The Morgan fingerprint density at radius 3 is 2.85 bits per heavy atom. The maximum absolute atomic E-state index is 12.8. The quantitative estimate of drug-likeness (QED) is 0.732. The van der Waals surface area contributed by atoms with Gasteiger partial charge in [0.2, 0.25) is 5.78 Å². The molecule has 102 valence electrons. The van der Waals surface area contributed by atoms with Crippen LogP contribution in [0.3, 0.4) is 0 Å². The molecule has 1 fully saturated rings. The lowest BCUT2D eigenvalue weighted by Gasteiger charge is -2.33. The highest BCUT2D eigenvalue weighted by Crippen LogP contribution is 2.54. The molecular weight excluding hydrogens is 252 g/mol. The molecule has 2 atom stereocenters. The molecule has 2 unspecified atom stereocenters. The molecule has 0 radical (unpaired) electrons. The Morgan fingerprint density at radius 2 is 2.00 bits per heavy atom. The van der Waals surface area contributed by atoms with Gasteiger partial charge in [-0.2, -0.15) is 0 Å². The van der Waals surface area contributed by atoms with E-state index in [0.29, 0.717) is 22.3 Å². The van der Waals surface area contributed by atoms with Crippen molar-refractivity contribution in [3.8, 4) is 0 Å². The predicted octanol–water partition coefficient (Wildman–Crippen LogP) is 3.65. The van der Waals surface area contributed by atoms with Crippen LogP contribution in [0.25, 0.3) is 11.0 Å². The Kier molecular flexibility index (Phi) is 2.27. The summed E-state index contributed by atoms with van der Waals surface area (Å²) in [5.74, 6) is 0.391. The van der Waals surface area contributed by atoms with Crippen LogP contribution in [-0.4, -0.2) is 5.78 Å². The molecule has 1 aromatic carbocycles. The van der Waals surface area contributed by atoms with Crippen molar-refractivity contribution in [1.29, 1.82) is 0 Å². The molecule has 20 heavy (non-hydrogen) atoms. The van der Waals surface area contributed by atoms with Crippen LogP contribution in [0.2, 0.25) is 0 Å². The highest BCUT2D eigenvalue weighted by molar-refractivity contribution is 6.04. The molecule has 2 aliphatic rings. The fraction of sp³-hybridized carbons (Fsp3) is 0.412. The second kappa shape index (κ2) is 3.81. The van der Waals surface area contributed by atoms with Gasteiger partial charge in [-0.15, -0.1) is 0 Å². The van der Waals surface area contributed by atoms with E-state index in [2.05, 4.69) is 0 Å². The van der Waals surface area contributed by atoms with Crippen molar-refractivity contribution in [2.75, 3.05) is 0 Å². The standard InChI is InChI=1S/C17H16O3/c1-17-9-5-4-7-11(17)13-14(18)10-6-2-3-8-12(10)20-15(13)16(17)19/h2-3,6,8,11H,4-5,7,9H2,1H3. The van der Waals surface area contributed by atoms with E-state index >= 15 is 0 Å². The molecule has 0 bridgehead atoms. The molecule has 3 nitrogen and oxygen atoms in total. The normalized spacial score (nSPS) is 28.4. The van der Waals surface area contributed by atoms with Crippen LogP contribution in [0.5, 0.6) is 0 Å². The van der Waals surface area contributed by atoms with Gasteiger partial charge in [-0.3, -0.25) is 9.59 Å². The van der Waals surface area contributed by atoms with Gasteiger partial charge in [-0.25, -0.2) is 0 Å². The Morgan fingerprint density at radius 1 is 1.20 bits per heavy atom. The Labute approximate surface area is 116 Å². The zero-order valence-electron chi connectivity index (χ0n) is 11.4. The minimum atomic E-state index is -0.430. The van der Waals surface area contributed by atoms with E-state index < -0.39 is 5.41 Å². The number of benzene rings is 1. The summed E-state index contributed by atoms with van der Waals surface area (Å²) in [7, 11) is 0. The molecule has 0 aliphatic heterocycles. The van der Waals surface area contributed by atoms with Gasteiger partial charge in [0.1, 0.15) is 5.58 Å². The molecule has 0 spiro atoms. The van der Waals surface area contributed by atoms with Crippen LogP contribution < -0.4 is 5.43 Å². The van der Waals surface area contributed by atoms with Gasteiger partial charge in [-0.1, -0.05) is 31.9 Å². The van der Waals surface area contributed by atoms with Crippen molar-refractivity contribution in [2.45, 2.75) is 38.5 Å². The molecule has 2 aromatic rings. The summed E-state index contributed by atoms with van der Waals surface area (Å²) in [5, 5.41) is 0.592. The van der Waals surface area contributed by atoms with E-state index in [0.717, 1.165) is 25.7 Å². The summed E-state index contributed by atoms with van der Waals surface area (Å²) >= 11 is 0. The SMILES string of the molecule is CC12CCCCC1c1c(oc3ccccc3c1=O)C2=O. The van der Waals surface area contributed by atoms with Crippen LogP contribution >= 0.6 is 0 Å². The molecule has 4 rings (SSSR count). The number of fused-ring (bicyclic) bond motifs is 4. The number of Topliss-reactive ketones (excluding diaryl/α,β-unsaturated/α-hetero) is 1. The molecule has 0 N–H and O–H groups in total. The van der Waals surface area contributed by atoms with Gasteiger partial charge >= 0.3 is 0 Å². The third-order valence-corrected chi connectivity index (χ3v) is 5.11. The molecule has 1 aromatic heterocycles. The first-order valence-electron chi connectivity index (χ1n) is 7.23. The van der Waals surface area contributed by atoms with Crippen molar-refractivity contribution in [3.05, 3.63) is 45.8 Å². The van der Waals surface area contributed by atoms with E-state index in [1.54, 1.807) is 12.1 Å². The third kappa shape index (κ3) is 1.30. The fourth-order valence-corrected chi connectivity index (χ4v) is 3.97. The van der Waals surface area contributed by atoms with Crippen LogP contribution in [0.4, 0.5) is 0 Å². The van der Waals surface area contributed by atoms with E-state index in [1.165, 1.54) is 0 Å². The van der Waals surface area contributed by atoms with Gasteiger partial charge in [0.05, 0.1) is 10.9 Å². The van der Waals surface area contributed by atoms with E-state index in [-0.39, 0.29) is 17.1 Å². The van der Waals surface area contributed by atoms with Crippen molar-refractivity contribution in [1.82, 2.24) is 0 Å². The maximum atomic E-state index is 12.8. The molecule has 2 aliphatic carbocycles. The first kappa shape index (κ1) is 11.9. The number of carbonyl (C=O) groups is 1. The number of hydrogen-bond donors (Lipinski definition) is 0. The van der Waals surface area contributed by atoms with Gasteiger partial charge in [0, 0.05) is 11.3 Å². The third-order valence-electron chi connectivity index (χ3n) is 5.11. The zero-order valence-corrected chi connectivity index (χ0v) is 11.4. The number of hydrogen-bond acceptors (Lipinski definition) is 3. The van der Waals surface area contributed by atoms with Crippen molar-refractivity contribution in [3.63, 3.8) is 0 Å². The first-order valence-corrected chi connectivity index (χ1v) is 7.23. The average molecular weight is 268 g/mol. The van der Waals surface area contributed by atoms with E-state index in [4.69, 9.17) is 4.42 Å².